The predicted molar refractivity (Wildman–Crippen MR) is 103 cm³/mol. The quantitative estimate of drug-likeness (QED) is 0.768. The average Bonchev–Trinajstić information content (AvgIpc) is 2.57. The minimum absolute atomic E-state index is 0.216. The van der Waals surface area contributed by atoms with Crippen LogP contribution in [-0.4, -0.2) is 45.1 Å². The third kappa shape index (κ3) is 6.16. The predicted octanol–water partition coefficient (Wildman–Crippen LogP) is 2.45. The molecule has 0 radical (unpaired) electrons. The number of hydrogen-bond acceptors (Lipinski definition) is 4. The lowest BCUT2D eigenvalue weighted by atomic mass is 10.1. The second-order valence-corrected chi connectivity index (χ2v) is 8.10. The molecule has 0 saturated heterocycles. The van der Waals surface area contributed by atoms with Gasteiger partial charge in [0.2, 0.25) is 15.9 Å². The molecular weight excluding hydrogens is 352 g/mol. The summed E-state index contributed by atoms with van der Waals surface area (Å²) >= 11 is 0. The molecule has 2 aromatic rings. The fourth-order valence-corrected chi connectivity index (χ4v) is 3.30. The maximum absolute atomic E-state index is 12.3. The number of nitrogens with zero attached hydrogens (tertiary/aromatic N) is 1. The lowest BCUT2D eigenvalue weighted by Crippen LogP contribution is -2.38. The summed E-state index contributed by atoms with van der Waals surface area (Å²) < 4.78 is 30.4. The summed E-state index contributed by atoms with van der Waals surface area (Å²) in [6.45, 7) is 1.91. The molecule has 0 spiro atoms. The second-order valence-electron chi connectivity index (χ2n) is 6.12. The van der Waals surface area contributed by atoms with Crippen molar-refractivity contribution in [1.29, 1.82) is 0 Å². The zero-order valence-electron chi connectivity index (χ0n) is 15.2. The maximum Gasteiger partial charge on any atom is 0.239 e. The Hall–Kier alpha value is -2.38. The summed E-state index contributed by atoms with van der Waals surface area (Å²) in [5.74, 6) is 0.345. The van der Waals surface area contributed by atoms with Crippen LogP contribution in [0.2, 0.25) is 0 Å². The topological polar surface area (TPSA) is 75.7 Å². The summed E-state index contributed by atoms with van der Waals surface area (Å²) in [6.07, 6.45) is 1.60. The number of ether oxygens (including phenoxy) is 1. The molecule has 140 valence electrons. The van der Waals surface area contributed by atoms with E-state index in [9.17, 15) is 13.2 Å². The van der Waals surface area contributed by atoms with E-state index in [1.54, 1.807) is 13.2 Å². The summed E-state index contributed by atoms with van der Waals surface area (Å²) in [6, 6.07) is 14.8. The van der Waals surface area contributed by atoms with Gasteiger partial charge in [-0.15, -0.1) is 0 Å². The molecule has 0 aliphatic rings. The van der Waals surface area contributed by atoms with Crippen LogP contribution >= 0.6 is 0 Å². The van der Waals surface area contributed by atoms with Crippen molar-refractivity contribution in [2.45, 2.75) is 13.3 Å². The first-order valence-corrected chi connectivity index (χ1v) is 10.1. The lowest BCUT2D eigenvalue weighted by Gasteiger charge is -2.19. The van der Waals surface area contributed by atoms with E-state index in [2.05, 4.69) is 5.32 Å². The Bertz CT molecular complexity index is 865. The number of methoxy groups -OCH3 is 1. The summed E-state index contributed by atoms with van der Waals surface area (Å²) in [5.41, 5.74) is 2.61. The first-order valence-electron chi connectivity index (χ1n) is 8.22. The van der Waals surface area contributed by atoms with Gasteiger partial charge in [0, 0.05) is 12.2 Å². The molecule has 1 N–H and O–H groups in total. The van der Waals surface area contributed by atoms with E-state index < -0.39 is 10.0 Å². The number of amides is 1. The Morgan fingerprint density at radius 1 is 1.15 bits per heavy atom. The number of sulfonamides is 1. The third-order valence-electron chi connectivity index (χ3n) is 3.87. The maximum atomic E-state index is 12.3. The van der Waals surface area contributed by atoms with E-state index in [1.165, 1.54) is 4.31 Å². The molecule has 0 bridgehead atoms. The van der Waals surface area contributed by atoms with E-state index in [0.717, 1.165) is 17.4 Å². The molecule has 0 aromatic heterocycles. The van der Waals surface area contributed by atoms with E-state index in [4.69, 9.17) is 4.74 Å². The van der Waals surface area contributed by atoms with Crippen molar-refractivity contribution < 1.29 is 17.9 Å². The minimum atomic E-state index is -3.51. The first kappa shape index (κ1) is 19.9. The molecule has 2 rings (SSSR count). The lowest BCUT2D eigenvalue weighted by molar-refractivity contribution is -0.116. The first-order chi connectivity index (χ1) is 12.3. The van der Waals surface area contributed by atoms with Crippen LogP contribution in [0, 0.1) is 6.92 Å². The molecule has 1 amide bonds. The molecule has 7 heteroatoms. The molecule has 0 aliphatic carbocycles. The SMILES string of the molecule is COc1cccc(CCN(CC(=O)Nc2cccc(C)c2)S(C)(=O)=O)c1. The van der Waals surface area contributed by atoms with Crippen LogP contribution < -0.4 is 10.1 Å². The number of carbonyl (C=O) groups excluding carboxylic acids is 1. The van der Waals surface area contributed by atoms with Crippen molar-refractivity contribution in [1.82, 2.24) is 4.31 Å². The van der Waals surface area contributed by atoms with Crippen LogP contribution in [0.15, 0.2) is 48.5 Å². The third-order valence-corrected chi connectivity index (χ3v) is 5.12. The van der Waals surface area contributed by atoms with Gasteiger partial charge in [0.05, 0.1) is 19.9 Å². The largest absolute Gasteiger partial charge is 0.497 e. The number of nitrogens with one attached hydrogen (secondary N) is 1. The van der Waals surface area contributed by atoms with Gasteiger partial charge in [-0.25, -0.2) is 8.42 Å². The van der Waals surface area contributed by atoms with Crippen molar-refractivity contribution >= 4 is 21.6 Å². The fraction of sp³-hybridized carbons (Fsp3) is 0.316. The zero-order valence-corrected chi connectivity index (χ0v) is 16.0. The van der Waals surface area contributed by atoms with Crippen LogP contribution in [0.1, 0.15) is 11.1 Å². The van der Waals surface area contributed by atoms with Gasteiger partial charge in [-0.1, -0.05) is 24.3 Å². The molecule has 0 saturated carbocycles. The Balaban J connectivity index is 2.01. The van der Waals surface area contributed by atoms with E-state index in [0.29, 0.717) is 17.9 Å². The van der Waals surface area contributed by atoms with Crippen molar-refractivity contribution in [2.24, 2.45) is 0 Å². The highest BCUT2D eigenvalue weighted by molar-refractivity contribution is 7.88. The van der Waals surface area contributed by atoms with Gasteiger partial charge in [-0.2, -0.15) is 4.31 Å². The van der Waals surface area contributed by atoms with E-state index >= 15 is 0 Å². The molecule has 2 aromatic carbocycles. The van der Waals surface area contributed by atoms with Gasteiger partial charge in [0.15, 0.2) is 0 Å². The van der Waals surface area contributed by atoms with Crippen molar-refractivity contribution in [3.05, 3.63) is 59.7 Å². The van der Waals surface area contributed by atoms with Crippen LogP contribution in [0.25, 0.3) is 0 Å². The van der Waals surface area contributed by atoms with Crippen LogP contribution in [0.4, 0.5) is 5.69 Å². The average molecular weight is 376 g/mol. The number of rotatable bonds is 8. The molecular formula is C19H24N2O4S. The van der Waals surface area contributed by atoms with Crippen molar-refractivity contribution in [2.75, 3.05) is 31.8 Å². The van der Waals surface area contributed by atoms with Crippen molar-refractivity contribution in [3.63, 3.8) is 0 Å². The minimum Gasteiger partial charge on any atom is -0.497 e. The van der Waals surface area contributed by atoms with Gasteiger partial charge >= 0.3 is 0 Å². The van der Waals surface area contributed by atoms with E-state index in [-0.39, 0.29) is 19.0 Å². The molecule has 0 fully saturated rings. The standard InChI is InChI=1S/C19H24N2O4S/c1-15-6-4-8-17(12-15)20-19(22)14-21(26(3,23)24)11-10-16-7-5-9-18(13-16)25-2/h4-9,12-13H,10-11,14H2,1-3H3,(H,20,22). The highest BCUT2D eigenvalue weighted by Gasteiger charge is 2.20. The summed E-state index contributed by atoms with van der Waals surface area (Å²) in [7, 11) is -1.92. The van der Waals surface area contributed by atoms with Crippen LogP contribution in [0.5, 0.6) is 5.75 Å². The Morgan fingerprint density at radius 2 is 1.88 bits per heavy atom. The normalized spacial score (nSPS) is 11.4. The van der Waals surface area contributed by atoms with Crippen LogP contribution in [-0.2, 0) is 21.2 Å². The van der Waals surface area contributed by atoms with Gasteiger partial charge in [-0.05, 0) is 48.7 Å². The van der Waals surface area contributed by atoms with Gasteiger partial charge in [0.1, 0.15) is 5.75 Å². The molecule has 26 heavy (non-hydrogen) atoms. The Kier molecular flexibility index (Phi) is 6.76. The molecule has 0 atom stereocenters. The highest BCUT2D eigenvalue weighted by atomic mass is 32.2. The molecule has 0 heterocycles. The van der Waals surface area contributed by atoms with Gasteiger partial charge < -0.3 is 10.1 Å². The van der Waals surface area contributed by atoms with E-state index in [1.807, 2.05) is 49.4 Å². The van der Waals surface area contributed by atoms with Gasteiger partial charge in [-0.3, -0.25) is 4.79 Å². The Morgan fingerprint density at radius 3 is 2.54 bits per heavy atom. The summed E-state index contributed by atoms with van der Waals surface area (Å²) in [5, 5.41) is 2.74. The Labute approximate surface area is 154 Å². The zero-order chi connectivity index (χ0) is 19.2. The van der Waals surface area contributed by atoms with Crippen LogP contribution in [0.3, 0.4) is 0 Å². The smallest absolute Gasteiger partial charge is 0.239 e. The monoisotopic (exact) mass is 376 g/mol. The number of carbonyl (C=O) groups is 1. The second kappa shape index (κ2) is 8.82. The number of benzene rings is 2. The highest BCUT2D eigenvalue weighted by Crippen LogP contribution is 2.14. The van der Waals surface area contributed by atoms with Gasteiger partial charge in [0.25, 0.3) is 0 Å². The number of anilines is 1. The molecule has 0 unspecified atom stereocenters. The molecule has 6 nitrogen and oxygen atoms in total. The van der Waals surface area contributed by atoms with Crippen molar-refractivity contribution in [3.8, 4) is 5.75 Å². The number of aryl methyl sites for hydroxylation is 1. The number of hydrogen-bond donors (Lipinski definition) is 1. The molecule has 0 aliphatic heterocycles. The fourth-order valence-electron chi connectivity index (χ4n) is 2.53. The summed E-state index contributed by atoms with van der Waals surface area (Å²) in [4.78, 5) is 12.3.